The van der Waals surface area contributed by atoms with Crippen molar-refractivity contribution in [2.45, 2.75) is 6.42 Å². The number of nitrogens with zero attached hydrogens (tertiary/aromatic N) is 4. The molecule has 0 unspecified atom stereocenters. The molecule has 7 heteroatoms. The number of anilines is 1. The fourth-order valence-electron chi connectivity index (χ4n) is 3.23. The number of carbonyl (C=O) groups excluding carboxylic acids is 1. The Balaban J connectivity index is 1.68. The molecule has 0 saturated carbocycles. The van der Waals surface area contributed by atoms with Crippen LogP contribution in [0.2, 0.25) is 0 Å². The highest BCUT2D eigenvalue weighted by Gasteiger charge is 2.29. The Bertz CT molecular complexity index is 969. The van der Waals surface area contributed by atoms with Crippen LogP contribution in [0.1, 0.15) is 16.1 Å². The molecule has 0 radical (unpaired) electrons. The molecule has 1 aromatic carbocycles. The van der Waals surface area contributed by atoms with Crippen LogP contribution in [0.25, 0.3) is 5.52 Å². The molecular weight excluding hydrogens is 384 g/mol. The minimum atomic E-state index is -0.115. The molecule has 2 aromatic heterocycles. The molecule has 1 aliphatic rings. The Morgan fingerprint density at radius 2 is 2.12 bits per heavy atom. The summed E-state index contributed by atoms with van der Waals surface area (Å²) in [5.74, 6) is 0.741. The molecule has 1 amide bonds. The maximum Gasteiger partial charge on any atom is 0.292 e. The fourth-order valence-corrected chi connectivity index (χ4v) is 3.56. The summed E-state index contributed by atoms with van der Waals surface area (Å²) in [6.45, 7) is 0.584. The zero-order valence-corrected chi connectivity index (χ0v) is 15.5. The average molecular weight is 401 g/mol. The minimum Gasteiger partial charge on any atom is -0.496 e. The maximum absolute atomic E-state index is 13.0. The van der Waals surface area contributed by atoms with E-state index < -0.39 is 0 Å². The third-order valence-corrected chi connectivity index (χ3v) is 4.96. The molecule has 3 heterocycles. The molecular formula is C18H17BrN4O2. The van der Waals surface area contributed by atoms with Crippen molar-refractivity contribution in [3.63, 3.8) is 0 Å². The van der Waals surface area contributed by atoms with E-state index in [0.717, 1.165) is 33.4 Å². The molecule has 0 bridgehead atoms. The first-order chi connectivity index (χ1) is 12.1. The topological polar surface area (TPSA) is 50.1 Å². The number of carbonyl (C=O) groups is 1. The number of fused-ring (bicyclic) bond motifs is 2. The van der Waals surface area contributed by atoms with Crippen LogP contribution in [0.15, 0.2) is 47.1 Å². The number of hydrogen-bond donors (Lipinski definition) is 0. The van der Waals surface area contributed by atoms with Crippen molar-refractivity contribution in [2.75, 3.05) is 25.7 Å². The number of aromatic nitrogens is 2. The van der Waals surface area contributed by atoms with Crippen LogP contribution in [0.5, 0.6) is 5.75 Å². The predicted octanol–water partition coefficient (Wildman–Crippen LogP) is 3.16. The first kappa shape index (κ1) is 16.0. The zero-order chi connectivity index (χ0) is 17.6. The van der Waals surface area contributed by atoms with Crippen molar-refractivity contribution < 1.29 is 9.53 Å². The molecule has 3 aromatic rings. The first-order valence-corrected chi connectivity index (χ1v) is 8.74. The molecule has 128 valence electrons. The van der Waals surface area contributed by atoms with Gasteiger partial charge in [0.1, 0.15) is 5.75 Å². The number of hydrazine groups is 1. The number of ether oxygens (including phenoxy) is 1. The van der Waals surface area contributed by atoms with Crippen LogP contribution in [-0.2, 0) is 6.42 Å². The van der Waals surface area contributed by atoms with Gasteiger partial charge in [-0.1, -0.05) is 6.07 Å². The molecule has 1 aliphatic heterocycles. The smallest absolute Gasteiger partial charge is 0.292 e. The molecule has 0 atom stereocenters. The third-order valence-electron chi connectivity index (χ3n) is 4.49. The highest BCUT2D eigenvalue weighted by molar-refractivity contribution is 9.10. The number of rotatable bonds is 2. The van der Waals surface area contributed by atoms with E-state index >= 15 is 0 Å². The van der Waals surface area contributed by atoms with Crippen LogP contribution in [-0.4, -0.2) is 41.2 Å². The van der Waals surface area contributed by atoms with Crippen LogP contribution in [0.3, 0.4) is 0 Å². The molecule has 0 spiro atoms. The van der Waals surface area contributed by atoms with E-state index in [2.05, 4.69) is 21.0 Å². The Morgan fingerprint density at radius 3 is 2.92 bits per heavy atom. The van der Waals surface area contributed by atoms with E-state index in [-0.39, 0.29) is 5.91 Å². The molecule has 0 fully saturated rings. The number of pyridine rings is 1. The second-order valence-electron chi connectivity index (χ2n) is 5.91. The Kier molecular flexibility index (Phi) is 3.88. The van der Waals surface area contributed by atoms with Gasteiger partial charge in [0.2, 0.25) is 0 Å². The van der Waals surface area contributed by atoms with Gasteiger partial charge in [-0.3, -0.25) is 9.80 Å². The molecule has 6 nitrogen and oxygen atoms in total. The van der Waals surface area contributed by atoms with Crippen molar-refractivity contribution in [3.8, 4) is 5.75 Å². The zero-order valence-electron chi connectivity index (χ0n) is 13.9. The SMILES string of the molecule is COc1cccc2c1CCN(C(=O)c1cc3ccc(Br)cn3n1)N2C. The van der Waals surface area contributed by atoms with Crippen molar-refractivity contribution in [2.24, 2.45) is 0 Å². The predicted molar refractivity (Wildman–Crippen MR) is 99.0 cm³/mol. The Morgan fingerprint density at radius 1 is 1.28 bits per heavy atom. The van der Waals surface area contributed by atoms with Gasteiger partial charge < -0.3 is 4.74 Å². The van der Waals surface area contributed by atoms with Gasteiger partial charge in [0, 0.05) is 29.8 Å². The normalized spacial score (nSPS) is 13.9. The van der Waals surface area contributed by atoms with Crippen molar-refractivity contribution in [1.29, 1.82) is 0 Å². The van der Waals surface area contributed by atoms with Crippen LogP contribution in [0.4, 0.5) is 5.69 Å². The largest absolute Gasteiger partial charge is 0.496 e. The number of halogens is 1. The van der Waals surface area contributed by atoms with E-state index in [4.69, 9.17) is 4.74 Å². The Labute approximate surface area is 153 Å². The summed E-state index contributed by atoms with van der Waals surface area (Å²) in [7, 11) is 3.56. The fraction of sp³-hybridized carbons (Fsp3) is 0.222. The van der Waals surface area contributed by atoms with Crippen LogP contribution in [0, 0.1) is 0 Å². The highest BCUT2D eigenvalue weighted by Crippen LogP contribution is 2.33. The quantitative estimate of drug-likeness (QED) is 0.662. The Hall–Kier alpha value is -2.54. The van der Waals surface area contributed by atoms with Gasteiger partial charge in [0.25, 0.3) is 5.91 Å². The van der Waals surface area contributed by atoms with Crippen LogP contribution >= 0.6 is 15.9 Å². The van der Waals surface area contributed by atoms with Gasteiger partial charge in [-0.2, -0.15) is 5.10 Å². The second kappa shape index (κ2) is 6.07. The summed E-state index contributed by atoms with van der Waals surface area (Å²) in [5, 5.41) is 8.02. The summed E-state index contributed by atoms with van der Waals surface area (Å²) < 4.78 is 8.06. The van der Waals surface area contributed by atoms with Gasteiger partial charge in [-0.05, 0) is 52.7 Å². The van der Waals surface area contributed by atoms with Gasteiger partial charge in [-0.25, -0.2) is 9.52 Å². The van der Waals surface area contributed by atoms with Gasteiger partial charge >= 0.3 is 0 Å². The highest BCUT2D eigenvalue weighted by atomic mass is 79.9. The number of amides is 1. The lowest BCUT2D eigenvalue weighted by molar-refractivity contribution is 0.0731. The summed E-state index contributed by atoms with van der Waals surface area (Å²) in [5.41, 5.74) is 3.41. The molecule has 0 saturated heterocycles. The van der Waals surface area contributed by atoms with Crippen molar-refractivity contribution >= 4 is 33.0 Å². The van der Waals surface area contributed by atoms with Gasteiger partial charge in [-0.15, -0.1) is 0 Å². The monoisotopic (exact) mass is 400 g/mol. The van der Waals surface area contributed by atoms with Gasteiger partial charge in [0.05, 0.1) is 18.3 Å². The van der Waals surface area contributed by atoms with Crippen LogP contribution < -0.4 is 9.75 Å². The van der Waals surface area contributed by atoms with E-state index in [0.29, 0.717) is 12.2 Å². The maximum atomic E-state index is 13.0. The number of benzene rings is 1. The summed E-state index contributed by atoms with van der Waals surface area (Å²) in [6, 6.07) is 11.5. The van der Waals surface area contributed by atoms with E-state index in [1.807, 2.05) is 54.7 Å². The van der Waals surface area contributed by atoms with E-state index in [1.54, 1.807) is 16.6 Å². The summed E-state index contributed by atoms with van der Waals surface area (Å²) in [6.07, 6.45) is 2.58. The van der Waals surface area contributed by atoms with Crippen molar-refractivity contribution in [1.82, 2.24) is 14.6 Å². The molecule has 4 rings (SSSR count). The third kappa shape index (κ3) is 2.64. The molecule has 0 aliphatic carbocycles. The van der Waals surface area contributed by atoms with Gasteiger partial charge in [0.15, 0.2) is 5.69 Å². The number of methoxy groups -OCH3 is 1. The first-order valence-electron chi connectivity index (χ1n) is 7.95. The molecule has 25 heavy (non-hydrogen) atoms. The minimum absolute atomic E-state index is 0.115. The molecule has 0 N–H and O–H groups in total. The lowest BCUT2D eigenvalue weighted by atomic mass is 10.1. The van der Waals surface area contributed by atoms with E-state index in [1.165, 1.54) is 0 Å². The van der Waals surface area contributed by atoms with E-state index in [9.17, 15) is 4.79 Å². The summed E-state index contributed by atoms with van der Waals surface area (Å²) >= 11 is 3.42. The lowest BCUT2D eigenvalue weighted by Crippen LogP contribution is -2.48. The van der Waals surface area contributed by atoms with Crippen molar-refractivity contribution in [3.05, 3.63) is 58.3 Å². The number of hydrogen-bond acceptors (Lipinski definition) is 4. The standard InChI is InChI=1S/C18H17BrN4O2/c1-21-16-4-3-5-17(25-2)14(16)8-9-23(21)18(24)15-10-13-7-6-12(19)11-22(13)20-15/h3-7,10-11H,8-9H2,1-2H3. The lowest BCUT2D eigenvalue weighted by Gasteiger charge is -2.38. The second-order valence-corrected chi connectivity index (χ2v) is 6.82. The average Bonchev–Trinajstić information content (AvgIpc) is 3.04. The summed E-state index contributed by atoms with van der Waals surface area (Å²) in [4.78, 5) is 13.0.